The van der Waals surface area contributed by atoms with Crippen molar-refractivity contribution in [1.29, 1.82) is 0 Å². The molecule has 0 radical (unpaired) electrons. The lowest BCUT2D eigenvalue weighted by atomic mass is 9.84. The van der Waals surface area contributed by atoms with Crippen molar-refractivity contribution < 1.29 is 23.8 Å². The van der Waals surface area contributed by atoms with Crippen molar-refractivity contribution in [2.45, 2.75) is 60.0 Å². The second-order valence-electron chi connectivity index (χ2n) is 10.9. The molecule has 1 unspecified atom stereocenters. The summed E-state index contributed by atoms with van der Waals surface area (Å²) in [5.41, 5.74) is 4.31. The first kappa shape index (κ1) is 27.3. The van der Waals surface area contributed by atoms with Gasteiger partial charge in [0.1, 0.15) is 23.9 Å². The largest absolute Gasteiger partial charge is 0.497 e. The maximum Gasteiger partial charge on any atom is 0.303 e. The van der Waals surface area contributed by atoms with Crippen LogP contribution in [0.5, 0.6) is 11.5 Å². The number of aliphatic carboxylic acids is 1. The van der Waals surface area contributed by atoms with E-state index in [2.05, 4.69) is 20.8 Å². The third-order valence-electron chi connectivity index (χ3n) is 6.25. The van der Waals surface area contributed by atoms with Crippen LogP contribution in [0.4, 0.5) is 4.39 Å². The monoisotopic (exact) mass is 492 g/mol. The van der Waals surface area contributed by atoms with Gasteiger partial charge in [0.25, 0.3) is 0 Å². The molecule has 0 spiro atoms. The average molecular weight is 493 g/mol. The second-order valence-corrected chi connectivity index (χ2v) is 10.9. The number of hydrogen-bond donors (Lipinski definition) is 1. The minimum Gasteiger partial charge on any atom is -0.497 e. The van der Waals surface area contributed by atoms with Gasteiger partial charge in [0.2, 0.25) is 0 Å². The standard InChI is InChI=1S/C31H37FO4/c1-20(2)27(17-30(33)34)22-9-7-8-21(14-22)19-36-25-10-12-26(23(15-25)18-31(3,4)5)28-16-24(35-6)11-13-29(28)32/h7-16,20,27H,17-19H2,1-6H3,(H,33,34). The summed E-state index contributed by atoms with van der Waals surface area (Å²) >= 11 is 0. The quantitative estimate of drug-likeness (QED) is 0.313. The van der Waals surface area contributed by atoms with Crippen LogP contribution in [0.15, 0.2) is 60.7 Å². The van der Waals surface area contributed by atoms with E-state index in [1.54, 1.807) is 19.2 Å². The van der Waals surface area contributed by atoms with Crippen LogP contribution in [0, 0.1) is 17.2 Å². The summed E-state index contributed by atoms with van der Waals surface area (Å²) in [7, 11) is 1.57. The van der Waals surface area contributed by atoms with E-state index in [-0.39, 0.29) is 29.5 Å². The van der Waals surface area contributed by atoms with Crippen LogP contribution in [-0.4, -0.2) is 18.2 Å². The molecule has 4 nitrogen and oxygen atoms in total. The predicted molar refractivity (Wildman–Crippen MR) is 142 cm³/mol. The molecular weight excluding hydrogens is 455 g/mol. The molecule has 0 aliphatic carbocycles. The SMILES string of the molecule is COc1ccc(F)c(-c2ccc(OCc3cccc(C(CC(=O)O)C(C)C)c3)cc2CC(C)(C)C)c1. The third kappa shape index (κ3) is 7.33. The van der Waals surface area contributed by atoms with Gasteiger partial charge in [-0.2, -0.15) is 0 Å². The molecule has 5 heteroatoms. The van der Waals surface area contributed by atoms with E-state index in [9.17, 15) is 14.3 Å². The highest BCUT2D eigenvalue weighted by atomic mass is 19.1. The Morgan fingerprint density at radius 3 is 2.33 bits per heavy atom. The predicted octanol–water partition coefficient (Wildman–Crippen LogP) is 7.88. The summed E-state index contributed by atoms with van der Waals surface area (Å²) in [4.78, 5) is 11.3. The van der Waals surface area contributed by atoms with Crippen LogP contribution in [0.1, 0.15) is 63.6 Å². The fourth-order valence-electron chi connectivity index (χ4n) is 4.48. The smallest absolute Gasteiger partial charge is 0.303 e. The van der Waals surface area contributed by atoms with Gasteiger partial charge in [-0.1, -0.05) is 65.0 Å². The fourth-order valence-corrected chi connectivity index (χ4v) is 4.48. The van der Waals surface area contributed by atoms with Gasteiger partial charge in [0.15, 0.2) is 0 Å². The molecule has 0 fully saturated rings. The highest BCUT2D eigenvalue weighted by Crippen LogP contribution is 2.36. The van der Waals surface area contributed by atoms with E-state index in [0.29, 0.717) is 23.7 Å². The van der Waals surface area contributed by atoms with Gasteiger partial charge in [0.05, 0.1) is 13.5 Å². The summed E-state index contributed by atoms with van der Waals surface area (Å²) in [6, 6.07) is 18.5. The number of benzene rings is 3. The number of carboxylic acids is 1. The number of carbonyl (C=O) groups is 1. The number of methoxy groups -OCH3 is 1. The number of rotatable bonds is 10. The Kier molecular flexibility index (Phi) is 8.78. The van der Waals surface area contributed by atoms with Crippen LogP contribution in [-0.2, 0) is 17.8 Å². The van der Waals surface area contributed by atoms with Crippen LogP contribution < -0.4 is 9.47 Å². The van der Waals surface area contributed by atoms with Gasteiger partial charge in [-0.3, -0.25) is 4.79 Å². The van der Waals surface area contributed by atoms with Crippen molar-refractivity contribution in [3.63, 3.8) is 0 Å². The van der Waals surface area contributed by atoms with Crippen LogP contribution in [0.2, 0.25) is 0 Å². The summed E-state index contributed by atoms with van der Waals surface area (Å²) in [6.07, 6.45) is 0.845. The minimum atomic E-state index is -0.797. The molecule has 0 aliphatic heterocycles. The van der Waals surface area contributed by atoms with E-state index >= 15 is 0 Å². The topological polar surface area (TPSA) is 55.8 Å². The molecule has 3 aromatic rings. The molecule has 3 rings (SSSR count). The van der Waals surface area contributed by atoms with E-state index in [1.165, 1.54) is 6.07 Å². The Hall–Kier alpha value is -3.34. The lowest BCUT2D eigenvalue weighted by Gasteiger charge is -2.22. The van der Waals surface area contributed by atoms with Crippen molar-refractivity contribution in [1.82, 2.24) is 0 Å². The average Bonchev–Trinajstić information content (AvgIpc) is 2.81. The zero-order valence-electron chi connectivity index (χ0n) is 22.1. The van der Waals surface area contributed by atoms with E-state index < -0.39 is 5.97 Å². The molecule has 0 amide bonds. The first-order valence-electron chi connectivity index (χ1n) is 12.4. The number of hydrogen-bond acceptors (Lipinski definition) is 3. The Morgan fingerprint density at radius 2 is 1.69 bits per heavy atom. The van der Waals surface area contributed by atoms with Crippen LogP contribution >= 0.6 is 0 Å². The minimum absolute atomic E-state index is 0.00690. The highest BCUT2D eigenvalue weighted by Gasteiger charge is 2.20. The van der Waals surface area contributed by atoms with Crippen molar-refractivity contribution in [3.05, 3.63) is 83.2 Å². The van der Waals surface area contributed by atoms with Gasteiger partial charge >= 0.3 is 5.97 Å². The Morgan fingerprint density at radius 1 is 0.972 bits per heavy atom. The molecule has 36 heavy (non-hydrogen) atoms. The van der Waals surface area contributed by atoms with Gasteiger partial charge in [-0.15, -0.1) is 0 Å². The van der Waals surface area contributed by atoms with Crippen molar-refractivity contribution in [3.8, 4) is 22.6 Å². The first-order chi connectivity index (χ1) is 17.0. The van der Waals surface area contributed by atoms with Gasteiger partial charge in [-0.25, -0.2) is 4.39 Å². The highest BCUT2D eigenvalue weighted by molar-refractivity contribution is 5.70. The lowest BCUT2D eigenvalue weighted by Crippen LogP contribution is -2.12. The van der Waals surface area contributed by atoms with Crippen molar-refractivity contribution in [2.24, 2.45) is 11.3 Å². The third-order valence-corrected chi connectivity index (χ3v) is 6.25. The first-order valence-corrected chi connectivity index (χ1v) is 12.4. The Bertz CT molecular complexity index is 1190. The van der Waals surface area contributed by atoms with E-state index in [1.807, 2.05) is 56.3 Å². The molecule has 0 saturated heterocycles. The zero-order valence-corrected chi connectivity index (χ0v) is 22.1. The van der Waals surface area contributed by atoms with E-state index in [4.69, 9.17) is 9.47 Å². The van der Waals surface area contributed by atoms with Gasteiger partial charge in [-0.05, 0) is 76.3 Å². The summed E-state index contributed by atoms with van der Waals surface area (Å²) in [5.74, 6) is 0.375. The Labute approximate surface area is 214 Å². The summed E-state index contributed by atoms with van der Waals surface area (Å²) in [6.45, 7) is 10.9. The van der Waals surface area contributed by atoms with Gasteiger partial charge < -0.3 is 14.6 Å². The summed E-state index contributed by atoms with van der Waals surface area (Å²) < 4.78 is 26.3. The molecular formula is C31H37FO4. The maximum atomic E-state index is 14.8. The number of ether oxygens (including phenoxy) is 2. The molecule has 3 aromatic carbocycles. The lowest BCUT2D eigenvalue weighted by molar-refractivity contribution is -0.137. The van der Waals surface area contributed by atoms with Crippen LogP contribution in [0.25, 0.3) is 11.1 Å². The maximum absolute atomic E-state index is 14.8. The van der Waals surface area contributed by atoms with E-state index in [0.717, 1.165) is 28.7 Å². The molecule has 1 N–H and O–H groups in total. The molecule has 0 saturated carbocycles. The molecule has 0 aromatic heterocycles. The fraction of sp³-hybridized carbons (Fsp3) is 0.387. The zero-order chi connectivity index (χ0) is 26.5. The van der Waals surface area contributed by atoms with Crippen molar-refractivity contribution in [2.75, 3.05) is 7.11 Å². The molecule has 0 bridgehead atoms. The molecule has 1 atom stereocenters. The van der Waals surface area contributed by atoms with Crippen molar-refractivity contribution >= 4 is 5.97 Å². The molecule has 0 heterocycles. The van der Waals surface area contributed by atoms with Crippen LogP contribution in [0.3, 0.4) is 0 Å². The number of carboxylic acid groups (broad SMARTS) is 1. The second kappa shape index (κ2) is 11.6. The normalized spacial score (nSPS) is 12.4. The summed E-state index contributed by atoms with van der Waals surface area (Å²) in [5, 5.41) is 9.32. The number of halogens is 1. The Balaban J connectivity index is 1.88. The van der Waals surface area contributed by atoms with Gasteiger partial charge in [0, 0.05) is 5.56 Å². The molecule has 192 valence electrons. The molecule has 0 aliphatic rings.